The summed E-state index contributed by atoms with van der Waals surface area (Å²) in [6.07, 6.45) is 4.38. The highest BCUT2D eigenvalue weighted by Gasteiger charge is 2.17. The van der Waals surface area contributed by atoms with Crippen molar-refractivity contribution in [3.63, 3.8) is 0 Å². The first-order valence-corrected chi connectivity index (χ1v) is 8.08. The SMILES string of the molecule is O=C1CC=Cc2cc3c(ccc4sc5ccccc5c43)nc21. The number of fused-ring (bicyclic) bond motifs is 6. The van der Waals surface area contributed by atoms with E-state index in [1.165, 1.54) is 20.2 Å². The molecule has 1 aliphatic carbocycles. The van der Waals surface area contributed by atoms with E-state index in [9.17, 15) is 4.79 Å². The predicted octanol–water partition coefficient (Wildman–Crippen LogP) is 5.20. The number of hydrogen-bond acceptors (Lipinski definition) is 3. The molecule has 1 aliphatic rings. The van der Waals surface area contributed by atoms with Crippen LogP contribution in [0.2, 0.25) is 0 Å². The number of carbonyl (C=O) groups is 1. The van der Waals surface area contributed by atoms with E-state index in [2.05, 4.69) is 41.4 Å². The van der Waals surface area contributed by atoms with Crippen molar-refractivity contribution in [2.75, 3.05) is 0 Å². The van der Waals surface area contributed by atoms with Crippen LogP contribution in [-0.2, 0) is 0 Å². The van der Waals surface area contributed by atoms with Crippen molar-refractivity contribution in [1.82, 2.24) is 4.98 Å². The fourth-order valence-electron chi connectivity index (χ4n) is 3.22. The smallest absolute Gasteiger partial charge is 0.185 e. The number of Topliss-reactive ketones (excluding diaryl/α,β-unsaturated/α-hetero) is 1. The van der Waals surface area contributed by atoms with E-state index in [4.69, 9.17) is 0 Å². The van der Waals surface area contributed by atoms with E-state index in [1.807, 2.05) is 18.2 Å². The number of ketones is 1. The molecule has 2 nitrogen and oxygen atoms in total. The standard InChI is InChI=1S/C19H11NOS/c21-15-6-3-4-11-10-13-14(20-19(11)15)8-9-17-18(13)12-5-1-2-7-16(12)22-17/h1-5,7-10H,6H2. The lowest BCUT2D eigenvalue weighted by molar-refractivity contribution is 0.0990. The van der Waals surface area contributed by atoms with Crippen molar-refractivity contribution >= 4 is 54.3 Å². The van der Waals surface area contributed by atoms with Crippen LogP contribution in [0, 0.1) is 0 Å². The molecule has 0 N–H and O–H groups in total. The molecular formula is C19H11NOS. The third-order valence-corrected chi connectivity index (χ3v) is 5.37. The molecule has 0 atom stereocenters. The van der Waals surface area contributed by atoms with Crippen LogP contribution < -0.4 is 0 Å². The molecule has 0 radical (unpaired) electrons. The normalized spacial score (nSPS) is 14.1. The van der Waals surface area contributed by atoms with Crippen molar-refractivity contribution in [3.8, 4) is 0 Å². The Hall–Kier alpha value is -2.52. The summed E-state index contributed by atoms with van der Waals surface area (Å²) < 4.78 is 2.55. The topological polar surface area (TPSA) is 30.0 Å². The average molecular weight is 301 g/mol. The second-order valence-electron chi connectivity index (χ2n) is 5.56. The Bertz CT molecular complexity index is 1120. The van der Waals surface area contributed by atoms with Crippen LogP contribution in [0.1, 0.15) is 22.5 Å². The van der Waals surface area contributed by atoms with Crippen LogP contribution in [0.25, 0.3) is 37.2 Å². The van der Waals surface area contributed by atoms with E-state index in [0.29, 0.717) is 12.1 Å². The molecule has 0 amide bonds. The Kier molecular flexibility index (Phi) is 2.33. The van der Waals surface area contributed by atoms with E-state index in [0.717, 1.165) is 16.5 Å². The fourth-order valence-corrected chi connectivity index (χ4v) is 4.35. The molecule has 0 aliphatic heterocycles. The fraction of sp³-hybridized carbons (Fsp3) is 0.0526. The largest absolute Gasteiger partial charge is 0.292 e. The molecule has 2 heterocycles. The predicted molar refractivity (Wildman–Crippen MR) is 92.6 cm³/mol. The number of carbonyl (C=O) groups excluding carboxylic acids is 1. The monoisotopic (exact) mass is 301 g/mol. The number of nitrogens with zero attached hydrogens (tertiary/aromatic N) is 1. The second kappa shape index (κ2) is 4.24. The molecule has 3 heteroatoms. The van der Waals surface area contributed by atoms with Gasteiger partial charge in [-0.05, 0) is 24.3 Å². The Labute approximate surface area is 130 Å². The number of pyridine rings is 1. The minimum Gasteiger partial charge on any atom is -0.292 e. The summed E-state index contributed by atoms with van der Waals surface area (Å²) in [6, 6.07) is 14.7. The van der Waals surface area contributed by atoms with E-state index >= 15 is 0 Å². The molecule has 2 aromatic carbocycles. The van der Waals surface area contributed by atoms with Crippen LogP contribution in [-0.4, -0.2) is 10.8 Å². The quantitative estimate of drug-likeness (QED) is 0.446. The van der Waals surface area contributed by atoms with Gasteiger partial charge >= 0.3 is 0 Å². The molecule has 0 saturated heterocycles. The summed E-state index contributed by atoms with van der Waals surface area (Å²) in [6.45, 7) is 0. The van der Waals surface area contributed by atoms with Crippen molar-refractivity contribution in [3.05, 3.63) is 59.8 Å². The molecular weight excluding hydrogens is 290 g/mol. The minimum atomic E-state index is 0.106. The molecule has 5 rings (SSSR count). The third-order valence-electron chi connectivity index (χ3n) is 4.23. The summed E-state index contributed by atoms with van der Waals surface area (Å²) in [5.41, 5.74) is 2.44. The molecule has 104 valence electrons. The van der Waals surface area contributed by atoms with Gasteiger partial charge < -0.3 is 0 Å². The van der Waals surface area contributed by atoms with E-state index in [1.54, 1.807) is 11.3 Å². The highest BCUT2D eigenvalue weighted by molar-refractivity contribution is 7.26. The molecule has 0 unspecified atom stereocenters. The van der Waals surface area contributed by atoms with Crippen molar-refractivity contribution in [2.45, 2.75) is 6.42 Å². The average Bonchev–Trinajstić information content (AvgIpc) is 2.93. The molecule has 2 aromatic heterocycles. The second-order valence-corrected chi connectivity index (χ2v) is 6.64. The number of benzene rings is 2. The zero-order chi connectivity index (χ0) is 14.7. The van der Waals surface area contributed by atoms with Gasteiger partial charge in [-0.3, -0.25) is 4.79 Å². The molecule has 4 aromatic rings. The lowest BCUT2D eigenvalue weighted by Crippen LogP contribution is -2.07. The van der Waals surface area contributed by atoms with Crippen LogP contribution >= 0.6 is 11.3 Å². The van der Waals surface area contributed by atoms with Gasteiger partial charge in [0.05, 0.1) is 5.52 Å². The zero-order valence-corrected chi connectivity index (χ0v) is 12.5. The maximum atomic E-state index is 12.0. The van der Waals surface area contributed by atoms with Gasteiger partial charge in [-0.2, -0.15) is 0 Å². The Balaban J connectivity index is 2.00. The third kappa shape index (κ3) is 1.54. The minimum absolute atomic E-state index is 0.106. The van der Waals surface area contributed by atoms with Crippen LogP contribution in [0.15, 0.2) is 48.5 Å². The van der Waals surface area contributed by atoms with Gasteiger partial charge in [0.25, 0.3) is 0 Å². The maximum absolute atomic E-state index is 12.0. The van der Waals surface area contributed by atoms with E-state index < -0.39 is 0 Å². The Morgan fingerprint density at radius 3 is 2.86 bits per heavy atom. The lowest BCUT2D eigenvalue weighted by Gasteiger charge is -2.10. The first-order valence-electron chi connectivity index (χ1n) is 7.26. The van der Waals surface area contributed by atoms with Gasteiger partial charge in [0.2, 0.25) is 0 Å². The van der Waals surface area contributed by atoms with Gasteiger partial charge in [-0.15, -0.1) is 11.3 Å². The first kappa shape index (κ1) is 12.1. The van der Waals surface area contributed by atoms with Crippen LogP contribution in [0.3, 0.4) is 0 Å². The summed E-state index contributed by atoms with van der Waals surface area (Å²) in [5, 5.41) is 3.65. The zero-order valence-electron chi connectivity index (χ0n) is 11.7. The van der Waals surface area contributed by atoms with Gasteiger partial charge in [0.15, 0.2) is 5.78 Å². The van der Waals surface area contributed by atoms with Crippen LogP contribution in [0.4, 0.5) is 0 Å². The Morgan fingerprint density at radius 1 is 1.00 bits per heavy atom. The highest BCUT2D eigenvalue weighted by Crippen LogP contribution is 2.38. The van der Waals surface area contributed by atoms with Crippen LogP contribution in [0.5, 0.6) is 0 Å². The summed E-state index contributed by atoms with van der Waals surface area (Å²) in [4.78, 5) is 16.7. The van der Waals surface area contributed by atoms with Gasteiger partial charge in [0, 0.05) is 37.5 Å². The summed E-state index contributed by atoms with van der Waals surface area (Å²) in [5.74, 6) is 0.106. The first-order chi connectivity index (χ1) is 10.8. The van der Waals surface area contributed by atoms with Gasteiger partial charge in [-0.1, -0.05) is 30.4 Å². The molecule has 22 heavy (non-hydrogen) atoms. The number of hydrogen-bond donors (Lipinski definition) is 0. The Morgan fingerprint density at radius 2 is 1.91 bits per heavy atom. The summed E-state index contributed by atoms with van der Waals surface area (Å²) in [7, 11) is 0. The van der Waals surface area contributed by atoms with Crippen molar-refractivity contribution < 1.29 is 4.79 Å². The molecule has 0 bridgehead atoms. The number of aromatic nitrogens is 1. The molecule has 0 spiro atoms. The van der Waals surface area contributed by atoms with Crippen molar-refractivity contribution in [1.29, 1.82) is 0 Å². The number of rotatable bonds is 0. The van der Waals surface area contributed by atoms with Gasteiger partial charge in [0.1, 0.15) is 5.69 Å². The summed E-state index contributed by atoms with van der Waals surface area (Å²) >= 11 is 1.80. The maximum Gasteiger partial charge on any atom is 0.185 e. The number of thiophene rings is 1. The van der Waals surface area contributed by atoms with Crippen molar-refractivity contribution in [2.24, 2.45) is 0 Å². The molecule has 0 saturated carbocycles. The van der Waals surface area contributed by atoms with E-state index in [-0.39, 0.29) is 5.78 Å². The van der Waals surface area contributed by atoms with Gasteiger partial charge in [-0.25, -0.2) is 4.98 Å². The number of allylic oxidation sites excluding steroid dienone is 1. The lowest BCUT2D eigenvalue weighted by atomic mass is 9.98. The molecule has 0 fully saturated rings. The highest BCUT2D eigenvalue weighted by atomic mass is 32.1.